The molecule has 3 heterocycles. The molecule has 9 heteroatoms. The van der Waals surface area contributed by atoms with Crippen LogP contribution in [-0.4, -0.2) is 51.9 Å². The molecule has 3 aromatic rings. The highest BCUT2D eigenvalue weighted by atomic mass is 32.2. The third-order valence-corrected chi connectivity index (χ3v) is 7.02. The fraction of sp³-hybridized carbons (Fsp3) is 0.471. The summed E-state index contributed by atoms with van der Waals surface area (Å²) in [5.41, 5.74) is 3.51. The topological polar surface area (TPSA) is 80.5 Å². The van der Waals surface area contributed by atoms with Crippen molar-refractivity contribution in [1.29, 1.82) is 0 Å². The predicted octanol–water partition coefficient (Wildman–Crippen LogP) is 2.61. The Morgan fingerprint density at radius 2 is 1.73 bits per heavy atom. The summed E-state index contributed by atoms with van der Waals surface area (Å²) in [4.78, 5) is 0.778. The van der Waals surface area contributed by atoms with Gasteiger partial charge in [-0.3, -0.25) is 0 Å². The van der Waals surface area contributed by atoms with E-state index in [1.165, 1.54) is 33.0 Å². The molecular formula is C17H21N5O2S2. The molecule has 0 atom stereocenters. The molecule has 0 radical (unpaired) electrons. The number of piperidine rings is 1. The third-order valence-electron chi connectivity index (χ3n) is 4.77. The van der Waals surface area contributed by atoms with Gasteiger partial charge < -0.3 is 0 Å². The molecule has 7 nitrogen and oxygen atoms in total. The summed E-state index contributed by atoms with van der Waals surface area (Å²) in [5, 5.41) is 14.3. The Kier molecular flexibility index (Phi) is 4.32. The SMILES string of the molecule is Cc1cc(C)cc(-c2nn3c(C4CCN(S(C)(=O)=O)CC4)nnc3s2)c1. The monoisotopic (exact) mass is 391 g/mol. The molecule has 0 spiro atoms. The predicted molar refractivity (Wildman–Crippen MR) is 102 cm³/mol. The van der Waals surface area contributed by atoms with Gasteiger partial charge in [0.25, 0.3) is 0 Å². The molecule has 0 aliphatic carbocycles. The van der Waals surface area contributed by atoms with E-state index < -0.39 is 10.0 Å². The number of aryl methyl sites for hydroxylation is 2. The van der Waals surface area contributed by atoms with Crippen molar-refractivity contribution >= 4 is 26.3 Å². The molecule has 1 aromatic carbocycles. The Labute approximate surface area is 156 Å². The van der Waals surface area contributed by atoms with Crippen molar-refractivity contribution in [3.8, 4) is 10.6 Å². The Morgan fingerprint density at radius 3 is 2.35 bits per heavy atom. The van der Waals surface area contributed by atoms with E-state index in [4.69, 9.17) is 5.10 Å². The highest BCUT2D eigenvalue weighted by Crippen LogP contribution is 2.32. The molecule has 1 saturated heterocycles. The lowest BCUT2D eigenvalue weighted by Gasteiger charge is -2.28. The second-order valence-electron chi connectivity index (χ2n) is 6.97. The van der Waals surface area contributed by atoms with Crippen molar-refractivity contribution in [2.24, 2.45) is 0 Å². The lowest BCUT2D eigenvalue weighted by Crippen LogP contribution is -2.37. The normalized spacial score (nSPS) is 17.2. The van der Waals surface area contributed by atoms with Crippen molar-refractivity contribution in [2.45, 2.75) is 32.6 Å². The first-order chi connectivity index (χ1) is 12.3. The van der Waals surface area contributed by atoms with E-state index in [2.05, 4.69) is 42.2 Å². The van der Waals surface area contributed by atoms with Crippen molar-refractivity contribution < 1.29 is 8.42 Å². The number of hydrogen-bond acceptors (Lipinski definition) is 6. The van der Waals surface area contributed by atoms with Crippen molar-refractivity contribution in [3.63, 3.8) is 0 Å². The second-order valence-corrected chi connectivity index (χ2v) is 9.91. The van der Waals surface area contributed by atoms with Crippen LogP contribution in [-0.2, 0) is 10.0 Å². The van der Waals surface area contributed by atoms with E-state index in [0.717, 1.165) is 34.2 Å². The smallest absolute Gasteiger partial charge is 0.213 e. The van der Waals surface area contributed by atoms with Gasteiger partial charge in [-0.05, 0) is 38.8 Å². The summed E-state index contributed by atoms with van der Waals surface area (Å²) in [6.07, 6.45) is 2.74. The van der Waals surface area contributed by atoms with E-state index in [0.29, 0.717) is 13.1 Å². The highest BCUT2D eigenvalue weighted by molar-refractivity contribution is 7.88. The van der Waals surface area contributed by atoms with E-state index >= 15 is 0 Å². The largest absolute Gasteiger partial charge is 0.234 e. The molecule has 0 N–H and O–H groups in total. The second kappa shape index (κ2) is 6.40. The first-order valence-corrected chi connectivity index (χ1v) is 11.2. The summed E-state index contributed by atoms with van der Waals surface area (Å²) in [6.45, 7) is 5.20. The molecule has 1 fully saturated rings. The minimum absolute atomic E-state index is 0.178. The van der Waals surface area contributed by atoms with Crippen LogP contribution in [0.5, 0.6) is 0 Å². The number of rotatable bonds is 3. The minimum atomic E-state index is -3.12. The van der Waals surface area contributed by atoms with Gasteiger partial charge >= 0.3 is 0 Å². The van der Waals surface area contributed by atoms with Crippen molar-refractivity contribution in [3.05, 3.63) is 35.2 Å². The summed E-state index contributed by atoms with van der Waals surface area (Å²) in [7, 11) is -3.12. The minimum Gasteiger partial charge on any atom is -0.213 e. The average Bonchev–Trinajstić information content (AvgIpc) is 3.13. The van der Waals surface area contributed by atoms with Crippen molar-refractivity contribution in [2.75, 3.05) is 19.3 Å². The van der Waals surface area contributed by atoms with Crippen LogP contribution in [0, 0.1) is 13.8 Å². The number of nitrogens with zero attached hydrogens (tertiary/aromatic N) is 5. The van der Waals surface area contributed by atoms with Crippen LogP contribution in [0.15, 0.2) is 18.2 Å². The van der Waals surface area contributed by atoms with Gasteiger partial charge in [-0.1, -0.05) is 28.5 Å². The Bertz CT molecular complexity index is 1040. The lowest BCUT2D eigenvalue weighted by molar-refractivity contribution is 0.313. The molecule has 0 unspecified atom stereocenters. The fourth-order valence-corrected chi connectivity index (χ4v) is 5.25. The number of hydrogen-bond donors (Lipinski definition) is 0. The molecule has 1 aliphatic rings. The lowest BCUT2D eigenvalue weighted by atomic mass is 9.97. The first kappa shape index (κ1) is 17.6. The van der Waals surface area contributed by atoms with Crippen molar-refractivity contribution in [1.82, 2.24) is 24.1 Å². The van der Waals surface area contributed by atoms with Crippen LogP contribution in [0.1, 0.15) is 35.7 Å². The zero-order valence-corrected chi connectivity index (χ0v) is 16.6. The van der Waals surface area contributed by atoms with Gasteiger partial charge in [0, 0.05) is 24.6 Å². The molecule has 138 valence electrons. The molecule has 26 heavy (non-hydrogen) atoms. The molecule has 4 rings (SSSR count). The van der Waals surface area contributed by atoms with Crippen LogP contribution in [0.4, 0.5) is 0 Å². The molecule has 1 aliphatic heterocycles. The first-order valence-electron chi connectivity index (χ1n) is 8.57. The molecule has 2 aromatic heterocycles. The number of benzene rings is 1. The van der Waals surface area contributed by atoms with Gasteiger partial charge in [0.1, 0.15) is 5.01 Å². The summed E-state index contributed by atoms with van der Waals surface area (Å²) in [6, 6.07) is 6.40. The Balaban J connectivity index is 1.63. The van der Waals surface area contributed by atoms with Crippen LogP contribution in [0.25, 0.3) is 15.5 Å². The molecule has 0 amide bonds. The maximum absolute atomic E-state index is 11.7. The Morgan fingerprint density at radius 1 is 1.08 bits per heavy atom. The zero-order chi connectivity index (χ0) is 18.5. The fourth-order valence-electron chi connectivity index (χ4n) is 3.55. The van der Waals surface area contributed by atoms with Crippen LogP contribution >= 0.6 is 11.3 Å². The van der Waals surface area contributed by atoms with Gasteiger partial charge in [0.15, 0.2) is 5.82 Å². The zero-order valence-electron chi connectivity index (χ0n) is 15.0. The van der Waals surface area contributed by atoms with Gasteiger partial charge in [-0.25, -0.2) is 12.7 Å². The summed E-state index contributed by atoms with van der Waals surface area (Å²) < 4.78 is 26.7. The maximum Gasteiger partial charge on any atom is 0.234 e. The number of sulfonamides is 1. The van der Waals surface area contributed by atoms with Crippen LogP contribution in [0.2, 0.25) is 0 Å². The van der Waals surface area contributed by atoms with Crippen LogP contribution < -0.4 is 0 Å². The van der Waals surface area contributed by atoms with E-state index in [1.807, 2.05) is 4.52 Å². The Hall–Kier alpha value is -1.84. The van der Waals surface area contributed by atoms with E-state index in [9.17, 15) is 8.42 Å². The van der Waals surface area contributed by atoms with E-state index in [1.54, 1.807) is 0 Å². The summed E-state index contributed by atoms with van der Waals surface area (Å²) >= 11 is 1.53. The highest BCUT2D eigenvalue weighted by Gasteiger charge is 2.29. The van der Waals surface area contributed by atoms with Gasteiger partial charge in [-0.2, -0.15) is 9.61 Å². The summed E-state index contributed by atoms with van der Waals surface area (Å²) in [5.74, 6) is 1.01. The van der Waals surface area contributed by atoms with E-state index in [-0.39, 0.29) is 5.92 Å². The molecule has 0 saturated carbocycles. The number of fused-ring (bicyclic) bond motifs is 1. The van der Waals surface area contributed by atoms with Gasteiger partial charge in [-0.15, -0.1) is 10.2 Å². The van der Waals surface area contributed by atoms with Gasteiger partial charge in [0.2, 0.25) is 15.0 Å². The van der Waals surface area contributed by atoms with Gasteiger partial charge in [0.05, 0.1) is 6.26 Å². The standard InChI is InChI=1S/C17H21N5O2S2/c1-11-8-12(2)10-14(9-11)16-20-22-15(18-19-17(22)25-16)13-4-6-21(7-5-13)26(3,23)24/h8-10,13H,4-7H2,1-3H3. The average molecular weight is 392 g/mol. The third kappa shape index (κ3) is 3.26. The number of aromatic nitrogens is 4. The molecule has 0 bridgehead atoms. The molecular weight excluding hydrogens is 370 g/mol. The van der Waals surface area contributed by atoms with Crippen LogP contribution in [0.3, 0.4) is 0 Å². The quantitative estimate of drug-likeness (QED) is 0.686. The maximum atomic E-state index is 11.7.